The Morgan fingerprint density at radius 3 is 2.39 bits per heavy atom. The molecule has 1 amide bonds. The minimum atomic E-state index is -1.27. The van der Waals surface area contributed by atoms with E-state index in [0.29, 0.717) is 16.8 Å². The van der Waals surface area contributed by atoms with Gasteiger partial charge in [-0.3, -0.25) is 10.1 Å². The predicted molar refractivity (Wildman–Crippen MR) is 93.3 cm³/mol. The number of amides is 1. The van der Waals surface area contributed by atoms with Crippen LogP contribution in [0.25, 0.3) is 0 Å². The van der Waals surface area contributed by atoms with Crippen molar-refractivity contribution in [2.75, 3.05) is 5.32 Å². The van der Waals surface area contributed by atoms with Crippen molar-refractivity contribution < 1.29 is 14.7 Å². The molecule has 0 radical (unpaired) electrons. The number of hydrogen-bond acceptors (Lipinski definition) is 4. The molecule has 0 aromatic heterocycles. The lowest BCUT2D eigenvalue weighted by molar-refractivity contribution is -0.255. The van der Waals surface area contributed by atoms with Crippen LogP contribution in [0.3, 0.4) is 0 Å². The number of thiocarbonyl (C=S) groups is 1. The van der Waals surface area contributed by atoms with E-state index in [1.54, 1.807) is 43.3 Å². The number of carboxylic acid groups (broad SMARTS) is 1. The number of anilines is 1. The quantitative estimate of drug-likeness (QED) is 0.784. The molecule has 23 heavy (non-hydrogen) atoms. The van der Waals surface area contributed by atoms with Gasteiger partial charge >= 0.3 is 0 Å². The maximum Gasteiger partial charge on any atom is 0.257 e. The Labute approximate surface area is 146 Å². The zero-order valence-electron chi connectivity index (χ0n) is 12.1. The molecule has 7 heteroatoms. The highest BCUT2D eigenvalue weighted by Gasteiger charge is 2.10. The van der Waals surface area contributed by atoms with Gasteiger partial charge < -0.3 is 15.2 Å². The summed E-state index contributed by atoms with van der Waals surface area (Å²) in [5.74, 6) is -1.63. The molecule has 2 rings (SSSR count). The summed E-state index contributed by atoms with van der Waals surface area (Å²) in [5.41, 5.74) is 1.50. The topological polar surface area (TPSA) is 81.3 Å². The lowest BCUT2D eigenvalue weighted by atomic mass is 10.1. The van der Waals surface area contributed by atoms with Gasteiger partial charge in [-0.2, -0.15) is 0 Å². The van der Waals surface area contributed by atoms with Crippen LogP contribution in [0.1, 0.15) is 26.3 Å². The summed E-state index contributed by atoms with van der Waals surface area (Å²) in [4.78, 5) is 23.1. The van der Waals surface area contributed by atoms with E-state index in [9.17, 15) is 14.7 Å². The second-order valence-electron chi connectivity index (χ2n) is 4.68. The number of rotatable bonds is 3. The van der Waals surface area contributed by atoms with E-state index in [0.717, 1.165) is 4.47 Å². The maximum atomic E-state index is 12.1. The number of halogens is 1. The van der Waals surface area contributed by atoms with Crippen molar-refractivity contribution in [2.45, 2.75) is 6.92 Å². The number of carbonyl (C=O) groups excluding carboxylic acids is 2. The van der Waals surface area contributed by atoms with Crippen LogP contribution in [0, 0.1) is 6.92 Å². The van der Waals surface area contributed by atoms with Crippen LogP contribution in [0.15, 0.2) is 46.9 Å². The molecule has 2 N–H and O–H groups in total. The molecule has 0 unspecified atom stereocenters. The summed E-state index contributed by atoms with van der Waals surface area (Å²) < 4.78 is 0.865. The van der Waals surface area contributed by atoms with Gasteiger partial charge in [-0.15, -0.1) is 0 Å². The normalized spacial score (nSPS) is 10.0. The van der Waals surface area contributed by atoms with Crippen LogP contribution < -0.4 is 15.7 Å². The minimum absolute atomic E-state index is 0.0667. The highest BCUT2D eigenvalue weighted by Crippen LogP contribution is 2.18. The highest BCUT2D eigenvalue weighted by molar-refractivity contribution is 9.10. The second-order valence-corrected chi connectivity index (χ2v) is 6.00. The van der Waals surface area contributed by atoms with Gasteiger partial charge in [0.15, 0.2) is 5.11 Å². The molecule has 0 bridgehead atoms. The van der Waals surface area contributed by atoms with Crippen molar-refractivity contribution in [3.8, 4) is 0 Å². The SMILES string of the molecule is Cc1c(NC(=S)NC(=O)c2ccc(Br)cc2)cccc1C(=O)[O-]. The first-order chi connectivity index (χ1) is 10.9. The maximum absolute atomic E-state index is 12.1. The number of benzene rings is 2. The third-order valence-electron chi connectivity index (χ3n) is 3.14. The molecule has 0 heterocycles. The lowest BCUT2D eigenvalue weighted by Crippen LogP contribution is -2.34. The van der Waals surface area contributed by atoms with E-state index in [-0.39, 0.29) is 16.6 Å². The average molecular weight is 392 g/mol. The Hall–Kier alpha value is -2.25. The van der Waals surface area contributed by atoms with Gasteiger partial charge in [-0.25, -0.2) is 0 Å². The molecule has 0 aliphatic heterocycles. The molecule has 0 spiro atoms. The fourth-order valence-corrected chi connectivity index (χ4v) is 2.39. The molecule has 5 nitrogen and oxygen atoms in total. The third-order valence-corrected chi connectivity index (χ3v) is 3.87. The van der Waals surface area contributed by atoms with E-state index in [4.69, 9.17) is 12.2 Å². The third kappa shape index (κ3) is 4.37. The zero-order valence-corrected chi connectivity index (χ0v) is 14.5. The monoisotopic (exact) mass is 391 g/mol. The molecule has 0 aliphatic rings. The largest absolute Gasteiger partial charge is 0.545 e. The number of aromatic carboxylic acids is 1. The van der Waals surface area contributed by atoms with Gasteiger partial charge in [0, 0.05) is 21.3 Å². The molecule has 0 aliphatic carbocycles. The van der Waals surface area contributed by atoms with E-state index in [1.807, 2.05) is 0 Å². The fourth-order valence-electron chi connectivity index (χ4n) is 1.92. The van der Waals surface area contributed by atoms with Gasteiger partial charge in [-0.1, -0.05) is 28.1 Å². The van der Waals surface area contributed by atoms with Crippen molar-refractivity contribution in [1.82, 2.24) is 5.32 Å². The molecule has 0 saturated carbocycles. The van der Waals surface area contributed by atoms with E-state index in [1.165, 1.54) is 6.07 Å². The highest BCUT2D eigenvalue weighted by atomic mass is 79.9. The standard InChI is InChI=1S/C16H13BrN2O3S/c1-9-12(15(21)22)3-2-4-13(9)18-16(23)19-14(20)10-5-7-11(17)8-6-10/h2-8H,1H3,(H,21,22)(H2,18,19,20,23)/p-1. The van der Waals surface area contributed by atoms with Crippen molar-refractivity contribution in [3.63, 3.8) is 0 Å². The summed E-state index contributed by atoms with van der Waals surface area (Å²) in [7, 11) is 0. The lowest BCUT2D eigenvalue weighted by Gasteiger charge is -2.15. The average Bonchev–Trinajstić information content (AvgIpc) is 2.49. The van der Waals surface area contributed by atoms with Crippen molar-refractivity contribution in [2.24, 2.45) is 0 Å². The van der Waals surface area contributed by atoms with E-state index >= 15 is 0 Å². The zero-order chi connectivity index (χ0) is 17.0. The molecular formula is C16H12BrN2O3S-. The summed E-state index contributed by atoms with van der Waals surface area (Å²) in [6, 6.07) is 11.5. The molecule has 2 aromatic rings. The van der Waals surface area contributed by atoms with Crippen LogP contribution in [0.2, 0.25) is 0 Å². The Balaban J connectivity index is 2.08. The Kier molecular flexibility index (Phi) is 5.46. The van der Waals surface area contributed by atoms with Crippen molar-refractivity contribution >= 4 is 50.8 Å². The van der Waals surface area contributed by atoms with Crippen LogP contribution in [-0.4, -0.2) is 17.0 Å². The molecule has 0 saturated heterocycles. The van der Waals surface area contributed by atoms with Gasteiger partial charge in [0.05, 0.1) is 5.97 Å². The first-order valence-corrected chi connectivity index (χ1v) is 7.77. The van der Waals surface area contributed by atoms with Gasteiger partial charge in [0.1, 0.15) is 0 Å². The van der Waals surface area contributed by atoms with Crippen LogP contribution in [0.5, 0.6) is 0 Å². The summed E-state index contributed by atoms with van der Waals surface area (Å²) in [6.45, 7) is 1.63. The summed E-state index contributed by atoms with van der Waals surface area (Å²) in [5, 5.41) is 16.4. The molecular weight excluding hydrogens is 380 g/mol. The number of carboxylic acids is 1. The summed E-state index contributed by atoms with van der Waals surface area (Å²) >= 11 is 8.38. The van der Waals surface area contributed by atoms with E-state index in [2.05, 4.69) is 26.6 Å². The smallest absolute Gasteiger partial charge is 0.257 e. The van der Waals surface area contributed by atoms with E-state index < -0.39 is 5.97 Å². The molecule has 118 valence electrons. The number of carbonyl (C=O) groups is 2. The second kappa shape index (κ2) is 7.34. The first-order valence-electron chi connectivity index (χ1n) is 6.57. The molecule has 2 aromatic carbocycles. The van der Waals surface area contributed by atoms with Crippen LogP contribution >= 0.6 is 28.1 Å². The molecule has 0 fully saturated rings. The van der Waals surface area contributed by atoms with Crippen molar-refractivity contribution in [3.05, 3.63) is 63.6 Å². The van der Waals surface area contributed by atoms with Gasteiger partial charge in [-0.05, 0) is 55.0 Å². The Bertz CT molecular complexity index is 775. The van der Waals surface area contributed by atoms with Gasteiger partial charge in [0.2, 0.25) is 0 Å². The first kappa shape index (κ1) is 17.1. The Morgan fingerprint density at radius 1 is 1.13 bits per heavy atom. The predicted octanol–water partition coefficient (Wildman–Crippen LogP) is 2.25. The van der Waals surface area contributed by atoms with Gasteiger partial charge in [0.25, 0.3) is 5.91 Å². The molecule has 0 atom stereocenters. The number of nitrogens with one attached hydrogen (secondary N) is 2. The minimum Gasteiger partial charge on any atom is -0.545 e. The number of hydrogen-bond donors (Lipinski definition) is 2. The summed E-state index contributed by atoms with van der Waals surface area (Å²) in [6.07, 6.45) is 0. The Morgan fingerprint density at radius 2 is 1.78 bits per heavy atom. The fraction of sp³-hybridized carbons (Fsp3) is 0.0625. The van der Waals surface area contributed by atoms with Crippen LogP contribution in [0.4, 0.5) is 5.69 Å². The van der Waals surface area contributed by atoms with Crippen LogP contribution in [-0.2, 0) is 0 Å². The van der Waals surface area contributed by atoms with Crippen molar-refractivity contribution in [1.29, 1.82) is 0 Å².